The van der Waals surface area contributed by atoms with Gasteiger partial charge >= 0.3 is 5.56 Å². The molecule has 0 saturated heterocycles. The van der Waals surface area contributed by atoms with Gasteiger partial charge in [0.15, 0.2) is 5.69 Å². The average molecular weight is 434 g/mol. The van der Waals surface area contributed by atoms with Crippen LogP contribution in [0, 0.1) is 27.7 Å². The molecule has 0 aliphatic heterocycles. The van der Waals surface area contributed by atoms with Crippen LogP contribution in [0.2, 0.25) is 0 Å². The quantitative estimate of drug-likeness (QED) is 0.395. The van der Waals surface area contributed by atoms with E-state index in [-0.39, 0.29) is 11.2 Å². The molecule has 8 heteroatoms. The zero-order chi connectivity index (χ0) is 22.1. The summed E-state index contributed by atoms with van der Waals surface area (Å²) in [6.07, 6.45) is 0. The molecule has 0 spiro atoms. The van der Waals surface area contributed by atoms with Crippen LogP contribution in [0.15, 0.2) is 56.8 Å². The van der Waals surface area contributed by atoms with Crippen LogP contribution in [0.1, 0.15) is 22.4 Å². The Kier molecular flexibility index (Phi) is 5.56. The third kappa shape index (κ3) is 4.06. The summed E-state index contributed by atoms with van der Waals surface area (Å²) in [5, 5.41) is 14.2. The van der Waals surface area contributed by atoms with Gasteiger partial charge in [-0.1, -0.05) is 17.7 Å². The molecule has 31 heavy (non-hydrogen) atoms. The maximum absolute atomic E-state index is 13.0. The number of rotatable bonds is 5. The van der Waals surface area contributed by atoms with E-state index in [1.54, 1.807) is 14.0 Å². The Morgan fingerprint density at radius 2 is 1.65 bits per heavy atom. The molecule has 0 aliphatic rings. The van der Waals surface area contributed by atoms with Crippen LogP contribution in [-0.2, 0) is 0 Å². The number of aryl methyl sites for hydroxylation is 4. The van der Waals surface area contributed by atoms with Crippen LogP contribution in [0.25, 0.3) is 16.4 Å². The Morgan fingerprint density at radius 1 is 1.00 bits per heavy atom. The summed E-state index contributed by atoms with van der Waals surface area (Å²) >= 11 is 1.38. The largest absolute Gasteiger partial charge is 0.497 e. The van der Waals surface area contributed by atoms with Crippen molar-refractivity contribution in [2.75, 3.05) is 7.11 Å². The fourth-order valence-corrected chi connectivity index (χ4v) is 4.27. The smallest absolute Gasteiger partial charge is 0.301 e. The van der Waals surface area contributed by atoms with E-state index < -0.39 is 0 Å². The van der Waals surface area contributed by atoms with Crippen LogP contribution in [0.4, 0.5) is 11.4 Å². The van der Waals surface area contributed by atoms with E-state index in [0.717, 1.165) is 33.8 Å². The molecule has 0 fully saturated rings. The number of nitrogens with one attached hydrogen (secondary N) is 1. The highest BCUT2D eigenvalue weighted by molar-refractivity contribution is 7.12. The number of hydrogen-bond donors (Lipinski definition) is 1. The van der Waals surface area contributed by atoms with Gasteiger partial charge in [0.25, 0.3) is 0 Å². The Bertz CT molecular complexity index is 1310. The minimum Gasteiger partial charge on any atom is -0.497 e. The zero-order valence-corrected chi connectivity index (χ0v) is 18.9. The molecule has 4 rings (SSSR count). The summed E-state index contributed by atoms with van der Waals surface area (Å²) in [5.74, 6) is 0.782. The van der Waals surface area contributed by atoms with Crippen molar-refractivity contribution in [2.45, 2.75) is 27.7 Å². The summed E-state index contributed by atoms with van der Waals surface area (Å²) < 4.78 is 6.61. The summed E-state index contributed by atoms with van der Waals surface area (Å²) in [6.45, 7) is 7.84. The Hall–Kier alpha value is -3.52. The lowest BCUT2D eigenvalue weighted by Crippen LogP contribution is -2.13. The molecule has 2 aromatic heterocycles. The highest BCUT2D eigenvalue weighted by Gasteiger charge is 2.16. The van der Waals surface area contributed by atoms with E-state index in [1.165, 1.54) is 21.6 Å². The van der Waals surface area contributed by atoms with Gasteiger partial charge in [-0.3, -0.25) is 9.89 Å². The first-order chi connectivity index (χ1) is 14.9. The minimum atomic E-state index is -0.278. The van der Waals surface area contributed by atoms with E-state index in [0.29, 0.717) is 10.8 Å². The van der Waals surface area contributed by atoms with E-state index in [1.807, 2.05) is 50.4 Å². The van der Waals surface area contributed by atoms with Gasteiger partial charge in [0.1, 0.15) is 5.75 Å². The standard InChI is InChI=1S/C23H23N5O2S/c1-13-10-14(2)20(15(3)11-13)25-26-21-16(4)27-28(22(21)29)23-24-19(12-31-23)17-6-8-18(30-5)9-7-17/h6-12,27H,1-5H3. The first kappa shape index (κ1) is 20.7. The maximum atomic E-state index is 13.0. The second-order valence-corrected chi connectivity index (χ2v) is 8.25. The van der Waals surface area contributed by atoms with Gasteiger partial charge in [0.05, 0.1) is 24.2 Å². The normalized spacial score (nSPS) is 11.4. The van der Waals surface area contributed by atoms with Crippen LogP contribution in [0.5, 0.6) is 5.75 Å². The summed E-state index contributed by atoms with van der Waals surface area (Å²) in [5.41, 5.74) is 6.38. The number of ether oxygens (including phenoxy) is 1. The van der Waals surface area contributed by atoms with Crippen molar-refractivity contribution in [3.05, 3.63) is 74.5 Å². The highest BCUT2D eigenvalue weighted by atomic mass is 32.1. The number of aromatic nitrogens is 3. The molecule has 0 atom stereocenters. The number of H-pyrrole nitrogens is 1. The number of hydrogen-bond acceptors (Lipinski definition) is 6. The third-order valence-electron chi connectivity index (χ3n) is 4.99. The molecular weight excluding hydrogens is 410 g/mol. The molecule has 1 N–H and O–H groups in total. The summed E-state index contributed by atoms with van der Waals surface area (Å²) in [6, 6.07) is 11.7. The van der Waals surface area contributed by atoms with Gasteiger partial charge in [-0.25, -0.2) is 4.98 Å². The second kappa shape index (κ2) is 8.31. The molecule has 0 bridgehead atoms. The topological polar surface area (TPSA) is 84.6 Å². The molecule has 0 unspecified atom stereocenters. The lowest BCUT2D eigenvalue weighted by atomic mass is 10.1. The predicted octanol–water partition coefficient (Wildman–Crippen LogP) is 5.95. The lowest BCUT2D eigenvalue weighted by molar-refractivity contribution is 0.415. The first-order valence-corrected chi connectivity index (χ1v) is 10.7. The maximum Gasteiger partial charge on any atom is 0.301 e. The van der Waals surface area contributed by atoms with Crippen LogP contribution in [0.3, 0.4) is 0 Å². The van der Waals surface area contributed by atoms with Gasteiger partial charge in [-0.05, 0) is 63.1 Å². The van der Waals surface area contributed by atoms with Gasteiger partial charge in [-0.2, -0.15) is 4.68 Å². The van der Waals surface area contributed by atoms with Crippen molar-refractivity contribution in [1.29, 1.82) is 0 Å². The summed E-state index contributed by atoms with van der Waals surface area (Å²) in [7, 11) is 1.63. The average Bonchev–Trinajstić information content (AvgIpc) is 3.33. The van der Waals surface area contributed by atoms with Crippen molar-refractivity contribution in [1.82, 2.24) is 14.8 Å². The zero-order valence-electron chi connectivity index (χ0n) is 18.1. The molecule has 2 heterocycles. The molecule has 0 radical (unpaired) electrons. The van der Waals surface area contributed by atoms with Crippen molar-refractivity contribution in [3.63, 3.8) is 0 Å². The minimum absolute atomic E-state index is 0.278. The second-order valence-electron chi connectivity index (χ2n) is 7.42. The van der Waals surface area contributed by atoms with Gasteiger partial charge in [0, 0.05) is 10.9 Å². The van der Waals surface area contributed by atoms with E-state index in [2.05, 4.69) is 32.4 Å². The monoisotopic (exact) mass is 433 g/mol. The fraction of sp³-hybridized carbons (Fsp3) is 0.217. The number of azo groups is 1. The van der Waals surface area contributed by atoms with E-state index in [9.17, 15) is 4.79 Å². The number of benzene rings is 2. The van der Waals surface area contributed by atoms with Crippen molar-refractivity contribution >= 4 is 22.7 Å². The Morgan fingerprint density at radius 3 is 2.29 bits per heavy atom. The fourth-order valence-electron chi connectivity index (χ4n) is 3.48. The number of methoxy groups -OCH3 is 1. The molecule has 2 aromatic carbocycles. The number of nitrogens with zero attached hydrogens (tertiary/aromatic N) is 4. The van der Waals surface area contributed by atoms with Crippen LogP contribution < -0.4 is 10.3 Å². The molecule has 7 nitrogen and oxygen atoms in total. The van der Waals surface area contributed by atoms with Gasteiger partial charge in [0.2, 0.25) is 5.13 Å². The van der Waals surface area contributed by atoms with Gasteiger partial charge in [-0.15, -0.1) is 21.6 Å². The van der Waals surface area contributed by atoms with E-state index >= 15 is 0 Å². The molecule has 0 saturated carbocycles. The summed E-state index contributed by atoms with van der Waals surface area (Å²) in [4.78, 5) is 17.6. The van der Waals surface area contributed by atoms with Crippen LogP contribution >= 0.6 is 11.3 Å². The molecule has 4 aromatic rings. The Labute approximate surface area is 184 Å². The van der Waals surface area contributed by atoms with Crippen molar-refractivity contribution in [3.8, 4) is 22.1 Å². The molecular formula is C23H23N5O2S. The third-order valence-corrected chi connectivity index (χ3v) is 5.82. The van der Waals surface area contributed by atoms with Crippen molar-refractivity contribution < 1.29 is 4.74 Å². The van der Waals surface area contributed by atoms with Crippen molar-refractivity contribution in [2.24, 2.45) is 10.2 Å². The van der Waals surface area contributed by atoms with E-state index in [4.69, 9.17) is 4.74 Å². The van der Waals surface area contributed by atoms with Crippen LogP contribution in [-0.4, -0.2) is 21.9 Å². The lowest BCUT2D eigenvalue weighted by Gasteiger charge is -2.04. The first-order valence-electron chi connectivity index (χ1n) is 9.79. The SMILES string of the molecule is COc1ccc(-c2csc(-n3[nH]c(C)c(N=Nc4c(C)cc(C)cc4C)c3=O)n2)cc1. The number of thiazole rings is 1. The number of aromatic amines is 1. The molecule has 158 valence electrons. The predicted molar refractivity (Wildman–Crippen MR) is 124 cm³/mol. The molecule has 0 aliphatic carbocycles. The van der Waals surface area contributed by atoms with Gasteiger partial charge < -0.3 is 4.74 Å². The highest BCUT2D eigenvalue weighted by Crippen LogP contribution is 2.28. The molecule has 0 amide bonds. The Balaban J connectivity index is 1.66.